The molecule has 0 atom stereocenters. The summed E-state index contributed by atoms with van der Waals surface area (Å²) in [6, 6.07) is 0. The van der Waals surface area contributed by atoms with Gasteiger partial charge in [-0.2, -0.15) is 5.10 Å². The van der Waals surface area contributed by atoms with Crippen LogP contribution in [0.4, 0.5) is 11.5 Å². The number of nitro groups is 1. The maximum absolute atomic E-state index is 10.9. The second kappa shape index (κ2) is 5.61. The van der Waals surface area contributed by atoms with Crippen molar-refractivity contribution in [1.29, 1.82) is 0 Å². The number of nitrogens with one attached hydrogen (secondary N) is 1. The Kier molecular flexibility index (Phi) is 3.91. The molecular weight excluding hydrogens is 272 g/mol. The van der Waals surface area contributed by atoms with Crippen molar-refractivity contribution in [3.8, 4) is 0 Å². The van der Waals surface area contributed by atoms with Crippen molar-refractivity contribution in [3.63, 3.8) is 0 Å². The number of aromatic nitrogens is 4. The largest absolute Gasteiger partial charge is 0.362 e. The van der Waals surface area contributed by atoms with E-state index >= 15 is 0 Å². The van der Waals surface area contributed by atoms with Gasteiger partial charge in [-0.3, -0.25) is 14.8 Å². The summed E-state index contributed by atoms with van der Waals surface area (Å²) in [5.74, 6) is 0.105. The van der Waals surface area contributed by atoms with E-state index in [1.807, 2.05) is 13.1 Å². The molecule has 1 N–H and O–H groups in total. The molecule has 19 heavy (non-hydrogen) atoms. The Morgan fingerprint density at radius 1 is 1.53 bits per heavy atom. The number of nitrogens with zero attached hydrogens (tertiary/aromatic N) is 5. The van der Waals surface area contributed by atoms with Crippen molar-refractivity contribution >= 4 is 23.1 Å². The van der Waals surface area contributed by atoms with Crippen LogP contribution in [0.2, 0.25) is 5.15 Å². The van der Waals surface area contributed by atoms with Gasteiger partial charge in [0.1, 0.15) is 6.33 Å². The van der Waals surface area contributed by atoms with E-state index in [1.54, 1.807) is 10.9 Å². The normalized spacial score (nSPS) is 10.4. The van der Waals surface area contributed by atoms with Crippen LogP contribution in [-0.4, -0.2) is 31.2 Å². The molecule has 0 amide bonds. The van der Waals surface area contributed by atoms with Crippen LogP contribution in [0, 0.1) is 17.0 Å². The monoisotopic (exact) mass is 282 g/mol. The zero-order valence-corrected chi connectivity index (χ0v) is 10.8. The minimum absolute atomic E-state index is 0.105. The first-order chi connectivity index (χ1) is 9.08. The molecule has 0 aliphatic carbocycles. The van der Waals surface area contributed by atoms with E-state index in [0.29, 0.717) is 13.1 Å². The van der Waals surface area contributed by atoms with Gasteiger partial charge in [-0.1, -0.05) is 11.6 Å². The molecule has 0 aromatic carbocycles. The Morgan fingerprint density at radius 3 is 2.95 bits per heavy atom. The van der Waals surface area contributed by atoms with Crippen molar-refractivity contribution in [2.24, 2.45) is 0 Å². The number of aryl methyl sites for hydroxylation is 1. The number of anilines is 1. The van der Waals surface area contributed by atoms with Crippen molar-refractivity contribution in [1.82, 2.24) is 19.7 Å². The van der Waals surface area contributed by atoms with Gasteiger partial charge in [-0.15, -0.1) is 0 Å². The number of halogens is 1. The molecule has 100 valence electrons. The zero-order valence-electron chi connectivity index (χ0n) is 10.1. The van der Waals surface area contributed by atoms with Crippen LogP contribution in [-0.2, 0) is 6.54 Å². The van der Waals surface area contributed by atoms with Crippen molar-refractivity contribution < 1.29 is 4.92 Å². The zero-order chi connectivity index (χ0) is 13.8. The van der Waals surface area contributed by atoms with E-state index in [0.717, 1.165) is 5.56 Å². The lowest BCUT2D eigenvalue weighted by Gasteiger charge is -2.06. The van der Waals surface area contributed by atoms with E-state index < -0.39 is 4.92 Å². The molecule has 0 radical (unpaired) electrons. The predicted octanol–water partition coefficient (Wildman–Crippen LogP) is 1.66. The second-order valence-electron chi connectivity index (χ2n) is 3.83. The van der Waals surface area contributed by atoms with Gasteiger partial charge < -0.3 is 5.32 Å². The first kappa shape index (κ1) is 13.2. The topological polar surface area (TPSA) is 98.8 Å². The minimum atomic E-state index is -0.608. The van der Waals surface area contributed by atoms with E-state index in [4.69, 9.17) is 11.6 Å². The van der Waals surface area contributed by atoms with Crippen molar-refractivity contribution in [2.75, 3.05) is 11.9 Å². The van der Waals surface area contributed by atoms with Gasteiger partial charge in [0.05, 0.1) is 17.7 Å². The summed E-state index contributed by atoms with van der Waals surface area (Å²) < 4.78 is 1.73. The molecule has 2 aromatic heterocycles. The Balaban J connectivity index is 2.03. The second-order valence-corrected chi connectivity index (χ2v) is 4.18. The van der Waals surface area contributed by atoms with Gasteiger partial charge in [0.25, 0.3) is 0 Å². The van der Waals surface area contributed by atoms with E-state index in [9.17, 15) is 10.1 Å². The molecule has 0 saturated heterocycles. The molecule has 0 unspecified atom stereocenters. The maximum atomic E-state index is 10.9. The molecule has 2 aromatic rings. The average molecular weight is 283 g/mol. The van der Waals surface area contributed by atoms with Crippen LogP contribution in [0.15, 0.2) is 18.7 Å². The lowest BCUT2D eigenvalue weighted by molar-refractivity contribution is -0.384. The SMILES string of the molecule is Cc1cnn(CCNc2ncnc(Cl)c2[N+](=O)[O-])c1. The van der Waals surface area contributed by atoms with Crippen LogP contribution in [0.1, 0.15) is 5.56 Å². The van der Waals surface area contributed by atoms with Crippen LogP contribution in [0.5, 0.6) is 0 Å². The molecule has 2 heterocycles. The predicted molar refractivity (Wildman–Crippen MR) is 69.2 cm³/mol. The minimum Gasteiger partial charge on any atom is -0.362 e. The summed E-state index contributed by atoms with van der Waals surface area (Å²) in [4.78, 5) is 17.7. The molecule has 9 heteroatoms. The van der Waals surface area contributed by atoms with Crippen LogP contribution in [0.3, 0.4) is 0 Å². The molecule has 0 aliphatic rings. The summed E-state index contributed by atoms with van der Waals surface area (Å²) in [5, 5.41) is 17.6. The Labute approximate surface area is 113 Å². The fraction of sp³-hybridized carbons (Fsp3) is 0.300. The van der Waals surface area contributed by atoms with Crippen molar-refractivity contribution in [2.45, 2.75) is 13.5 Å². The number of rotatable bonds is 5. The van der Waals surface area contributed by atoms with E-state index in [1.165, 1.54) is 6.33 Å². The van der Waals surface area contributed by atoms with E-state index in [2.05, 4.69) is 20.4 Å². The Hall–Kier alpha value is -2.22. The third-order valence-electron chi connectivity index (χ3n) is 2.36. The standard InChI is InChI=1S/C10H11ClN6O2/c1-7-4-15-16(5-7)3-2-12-10-8(17(18)19)9(11)13-6-14-10/h4-6H,2-3H2,1H3,(H,12,13,14). The summed E-state index contributed by atoms with van der Waals surface area (Å²) in [5.41, 5.74) is 0.733. The first-order valence-electron chi connectivity index (χ1n) is 5.45. The summed E-state index contributed by atoms with van der Waals surface area (Å²) in [6.07, 6.45) is 4.79. The molecule has 8 nitrogen and oxygen atoms in total. The van der Waals surface area contributed by atoms with Crippen molar-refractivity contribution in [3.05, 3.63) is 39.6 Å². The Morgan fingerprint density at radius 2 is 2.32 bits per heavy atom. The third-order valence-corrected chi connectivity index (χ3v) is 2.63. The highest BCUT2D eigenvalue weighted by molar-refractivity contribution is 6.31. The molecule has 0 bridgehead atoms. The van der Waals surface area contributed by atoms with Gasteiger partial charge in [-0.25, -0.2) is 9.97 Å². The van der Waals surface area contributed by atoms with E-state index in [-0.39, 0.29) is 16.7 Å². The molecule has 0 saturated carbocycles. The number of hydrogen-bond acceptors (Lipinski definition) is 6. The Bertz CT molecular complexity index is 599. The summed E-state index contributed by atoms with van der Waals surface area (Å²) >= 11 is 5.67. The summed E-state index contributed by atoms with van der Waals surface area (Å²) in [7, 11) is 0. The molecular formula is C10H11ClN6O2. The van der Waals surface area contributed by atoms with Gasteiger partial charge >= 0.3 is 5.69 Å². The first-order valence-corrected chi connectivity index (χ1v) is 5.83. The fourth-order valence-corrected chi connectivity index (χ4v) is 1.73. The average Bonchev–Trinajstić information content (AvgIpc) is 2.74. The fourth-order valence-electron chi connectivity index (χ4n) is 1.53. The van der Waals surface area contributed by atoms with Crippen LogP contribution >= 0.6 is 11.6 Å². The molecule has 0 fully saturated rings. The van der Waals surface area contributed by atoms with Crippen LogP contribution in [0.25, 0.3) is 0 Å². The summed E-state index contributed by atoms with van der Waals surface area (Å²) in [6.45, 7) is 2.94. The third kappa shape index (κ3) is 3.16. The molecule has 2 rings (SSSR count). The van der Waals surface area contributed by atoms with Gasteiger partial charge in [-0.05, 0) is 12.5 Å². The smallest absolute Gasteiger partial charge is 0.348 e. The molecule has 0 aliphatic heterocycles. The lowest BCUT2D eigenvalue weighted by Crippen LogP contribution is -2.13. The highest BCUT2D eigenvalue weighted by Gasteiger charge is 2.20. The number of hydrogen-bond donors (Lipinski definition) is 1. The maximum Gasteiger partial charge on any atom is 0.348 e. The highest BCUT2D eigenvalue weighted by atomic mass is 35.5. The van der Waals surface area contributed by atoms with Crippen LogP contribution < -0.4 is 5.32 Å². The lowest BCUT2D eigenvalue weighted by atomic mass is 10.4. The van der Waals surface area contributed by atoms with Gasteiger partial charge in [0, 0.05) is 12.7 Å². The quantitative estimate of drug-likeness (QED) is 0.508. The van der Waals surface area contributed by atoms with Gasteiger partial charge in [0.2, 0.25) is 11.0 Å². The highest BCUT2D eigenvalue weighted by Crippen LogP contribution is 2.27. The van der Waals surface area contributed by atoms with Gasteiger partial charge in [0.15, 0.2) is 0 Å². The molecule has 0 spiro atoms.